The zero-order chi connectivity index (χ0) is 26.5. The molecular weight excluding hydrogens is 434 g/mol. The van der Waals surface area contributed by atoms with E-state index >= 15 is 0 Å². The molecule has 6 atom stereocenters. The first kappa shape index (κ1) is 29.3. The fourth-order valence-corrected chi connectivity index (χ4v) is 8.11. The lowest BCUT2D eigenvalue weighted by Gasteiger charge is -2.45. The Morgan fingerprint density at radius 1 is 1.17 bits per heavy atom. The van der Waals surface area contributed by atoms with Gasteiger partial charge in [0.05, 0.1) is 12.0 Å². The van der Waals surface area contributed by atoms with Gasteiger partial charge in [-0.25, -0.2) is 0 Å². The van der Waals surface area contributed by atoms with E-state index in [2.05, 4.69) is 73.3 Å². The zero-order valence-electron chi connectivity index (χ0n) is 25.0. The average Bonchev–Trinajstić information content (AvgIpc) is 3.15. The molecule has 202 valence electrons. The minimum atomic E-state index is 0.223. The number of allylic oxidation sites excluding steroid dienone is 5. The van der Waals surface area contributed by atoms with Crippen LogP contribution in [0.3, 0.4) is 0 Å². The van der Waals surface area contributed by atoms with Crippen molar-refractivity contribution in [1.29, 1.82) is 5.26 Å². The molecular formula is C35H57N. The first-order valence-electron chi connectivity index (χ1n) is 15.4. The van der Waals surface area contributed by atoms with Gasteiger partial charge in [-0.1, -0.05) is 96.8 Å². The Morgan fingerprint density at radius 2 is 1.92 bits per heavy atom. The van der Waals surface area contributed by atoms with Crippen LogP contribution in [0.5, 0.6) is 0 Å². The third-order valence-electron chi connectivity index (χ3n) is 10.3. The van der Waals surface area contributed by atoms with Crippen LogP contribution in [0, 0.1) is 57.7 Å². The van der Waals surface area contributed by atoms with Crippen molar-refractivity contribution >= 4 is 0 Å². The number of fused-ring (bicyclic) bond motifs is 1. The molecule has 36 heavy (non-hydrogen) atoms. The van der Waals surface area contributed by atoms with Crippen LogP contribution in [0.4, 0.5) is 0 Å². The van der Waals surface area contributed by atoms with Gasteiger partial charge < -0.3 is 0 Å². The highest BCUT2D eigenvalue weighted by molar-refractivity contribution is 5.26. The summed E-state index contributed by atoms with van der Waals surface area (Å²) in [4.78, 5) is 0. The van der Waals surface area contributed by atoms with Gasteiger partial charge in [-0.05, 0) is 111 Å². The van der Waals surface area contributed by atoms with E-state index in [1.165, 1.54) is 81.8 Å². The van der Waals surface area contributed by atoms with Crippen molar-refractivity contribution in [3.63, 3.8) is 0 Å². The Hall–Kier alpha value is -1.29. The van der Waals surface area contributed by atoms with E-state index in [9.17, 15) is 5.26 Å². The van der Waals surface area contributed by atoms with Crippen LogP contribution in [0.2, 0.25) is 0 Å². The molecule has 3 aliphatic rings. The molecule has 2 unspecified atom stereocenters. The van der Waals surface area contributed by atoms with E-state index in [1.807, 2.05) is 0 Å². The van der Waals surface area contributed by atoms with E-state index in [1.54, 1.807) is 5.57 Å². The summed E-state index contributed by atoms with van der Waals surface area (Å²) in [5, 5.41) is 9.50. The van der Waals surface area contributed by atoms with Gasteiger partial charge in [-0.2, -0.15) is 5.26 Å². The van der Waals surface area contributed by atoms with Crippen LogP contribution in [0.1, 0.15) is 132 Å². The van der Waals surface area contributed by atoms with E-state index < -0.39 is 0 Å². The predicted molar refractivity (Wildman–Crippen MR) is 156 cm³/mol. The molecule has 0 aromatic carbocycles. The lowest BCUT2D eigenvalue weighted by Crippen LogP contribution is -2.36. The molecule has 0 saturated heterocycles. The van der Waals surface area contributed by atoms with Crippen LogP contribution < -0.4 is 0 Å². The zero-order valence-corrected chi connectivity index (χ0v) is 25.0. The fraction of sp³-hybridized carbons (Fsp3) is 0.800. The van der Waals surface area contributed by atoms with Gasteiger partial charge >= 0.3 is 0 Å². The maximum absolute atomic E-state index is 9.50. The summed E-state index contributed by atoms with van der Waals surface area (Å²) in [5.74, 6) is 3.93. The third kappa shape index (κ3) is 7.62. The highest BCUT2D eigenvalue weighted by Gasteiger charge is 2.51. The second-order valence-corrected chi connectivity index (χ2v) is 14.8. The normalized spacial score (nSPS) is 34.1. The van der Waals surface area contributed by atoms with Crippen molar-refractivity contribution in [3.8, 4) is 6.07 Å². The molecule has 1 heteroatoms. The lowest BCUT2D eigenvalue weighted by molar-refractivity contribution is 0.0811. The Morgan fingerprint density at radius 3 is 2.58 bits per heavy atom. The Balaban J connectivity index is 1.76. The number of hydrogen-bond acceptors (Lipinski definition) is 1. The van der Waals surface area contributed by atoms with Crippen LogP contribution in [0.25, 0.3) is 0 Å². The van der Waals surface area contributed by atoms with Crippen LogP contribution >= 0.6 is 0 Å². The van der Waals surface area contributed by atoms with E-state index in [0.29, 0.717) is 22.7 Å². The third-order valence-corrected chi connectivity index (χ3v) is 10.3. The first-order chi connectivity index (χ1) is 16.9. The number of hydrogen-bond donors (Lipinski definition) is 0. The Kier molecular flexibility index (Phi) is 10.2. The van der Waals surface area contributed by atoms with Gasteiger partial charge in [0.15, 0.2) is 0 Å². The summed E-state index contributed by atoms with van der Waals surface area (Å²) in [7, 11) is 0. The molecule has 3 fully saturated rings. The summed E-state index contributed by atoms with van der Waals surface area (Å²) >= 11 is 0. The SMILES string of the molecule is C=C(CCC(CCCC(C)(C)C)[C@H]1CC[C@H]2/C(=C/C=C3\CC(C#N)C[C@H](C)C3)CCC[C@]12C)C(C)C. The largest absolute Gasteiger partial charge is 0.198 e. The standard InChI is InChI=1S/C35H57N/c1-25(2)27(4)13-15-30(11-9-19-34(5,6)7)32-17-18-33-31(12-10-20-35(32,33)8)16-14-28-21-26(3)22-29(23-28)24-36/h14,16,25-26,29-30,32-33H,4,9-13,15,17-23H2,1-3,5-8H3/b28-14-,31-16+/t26-,29?,30?,32-,33+,35-/m1/s1. The van der Waals surface area contributed by atoms with Gasteiger partial charge in [-0.15, -0.1) is 0 Å². The molecule has 0 amide bonds. The fourth-order valence-electron chi connectivity index (χ4n) is 8.11. The Labute approximate surface area is 224 Å². The molecule has 0 radical (unpaired) electrons. The summed E-state index contributed by atoms with van der Waals surface area (Å²) in [6.07, 6.45) is 21.7. The number of rotatable bonds is 9. The van der Waals surface area contributed by atoms with Gasteiger partial charge in [0.1, 0.15) is 0 Å². The van der Waals surface area contributed by atoms with Crippen molar-refractivity contribution < 1.29 is 0 Å². The van der Waals surface area contributed by atoms with Gasteiger partial charge in [0, 0.05) is 0 Å². The number of nitrogens with zero attached hydrogens (tertiary/aromatic N) is 1. The van der Waals surface area contributed by atoms with Crippen molar-refractivity contribution in [2.45, 2.75) is 132 Å². The summed E-state index contributed by atoms with van der Waals surface area (Å²) < 4.78 is 0. The maximum atomic E-state index is 9.50. The van der Waals surface area contributed by atoms with Crippen LogP contribution in [-0.4, -0.2) is 0 Å². The monoisotopic (exact) mass is 491 g/mol. The smallest absolute Gasteiger partial charge is 0.0659 e. The molecule has 0 aliphatic heterocycles. The van der Waals surface area contributed by atoms with E-state index in [4.69, 9.17) is 0 Å². The maximum Gasteiger partial charge on any atom is 0.0659 e. The van der Waals surface area contributed by atoms with Gasteiger partial charge in [-0.3, -0.25) is 0 Å². The van der Waals surface area contributed by atoms with E-state index in [-0.39, 0.29) is 5.92 Å². The average molecular weight is 492 g/mol. The molecule has 1 nitrogen and oxygen atoms in total. The van der Waals surface area contributed by atoms with Crippen molar-refractivity contribution in [2.24, 2.45) is 46.3 Å². The highest BCUT2D eigenvalue weighted by atomic mass is 14.6. The molecule has 3 aliphatic carbocycles. The quantitative estimate of drug-likeness (QED) is 0.294. The molecule has 3 saturated carbocycles. The lowest BCUT2D eigenvalue weighted by atomic mass is 9.59. The molecule has 3 rings (SSSR count). The van der Waals surface area contributed by atoms with E-state index in [0.717, 1.165) is 30.6 Å². The van der Waals surface area contributed by atoms with Crippen molar-refractivity contribution in [2.75, 3.05) is 0 Å². The highest BCUT2D eigenvalue weighted by Crippen LogP contribution is 2.60. The van der Waals surface area contributed by atoms with Gasteiger partial charge in [0.25, 0.3) is 0 Å². The predicted octanol–water partition coefficient (Wildman–Crippen LogP) is 10.8. The Bertz CT molecular complexity index is 843. The van der Waals surface area contributed by atoms with Crippen molar-refractivity contribution in [1.82, 2.24) is 0 Å². The van der Waals surface area contributed by atoms with Crippen molar-refractivity contribution in [3.05, 3.63) is 35.5 Å². The molecule has 0 spiro atoms. The minimum Gasteiger partial charge on any atom is -0.198 e. The molecule has 0 aromatic heterocycles. The molecule has 0 bridgehead atoms. The molecule has 0 heterocycles. The minimum absolute atomic E-state index is 0.223. The summed E-state index contributed by atoms with van der Waals surface area (Å²) in [5.41, 5.74) is 5.59. The summed E-state index contributed by atoms with van der Waals surface area (Å²) in [6, 6.07) is 2.55. The van der Waals surface area contributed by atoms with Crippen LogP contribution in [-0.2, 0) is 0 Å². The molecule has 0 aromatic rings. The molecule has 0 N–H and O–H groups in total. The number of nitriles is 1. The second kappa shape index (κ2) is 12.5. The topological polar surface area (TPSA) is 23.8 Å². The van der Waals surface area contributed by atoms with Crippen LogP contribution in [0.15, 0.2) is 35.5 Å². The van der Waals surface area contributed by atoms with Gasteiger partial charge in [0.2, 0.25) is 0 Å². The second-order valence-electron chi connectivity index (χ2n) is 14.8. The summed E-state index contributed by atoms with van der Waals surface area (Å²) in [6.45, 7) is 21.2. The first-order valence-corrected chi connectivity index (χ1v) is 15.4.